The van der Waals surface area contributed by atoms with Crippen LogP contribution in [-0.4, -0.2) is 28.7 Å². The van der Waals surface area contributed by atoms with Crippen LogP contribution in [0.1, 0.15) is 0 Å². The molecule has 118 valence electrons. The Morgan fingerprint density at radius 2 is 1.45 bits per heavy atom. The van der Waals surface area contributed by atoms with Gasteiger partial charge in [-0.15, -0.1) is 0 Å². The van der Waals surface area contributed by atoms with Gasteiger partial charge in [0.05, 0.1) is 12.0 Å². The van der Waals surface area contributed by atoms with Gasteiger partial charge in [0.15, 0.2) is 11.5 Å². The zero-order chi connectivity index (χ0) is 16.0. The molecule has 0 fully saturated rings. The molecule has 0 aliphatic carbocycles. The van der Waals surface area contributed by atoms with Crippen molar-refractivity contribution in [3.05, 3.63) is 53.0 Å². The smallest absolute Gasteiger partial charge is 0.296 e. The molecule has 1 heterocycles. The maximum absolute atomic E-state index is 11.1. The van der Waals surface area contributed by atoms with Crippen LogP contribution in [0, 0.1) is 0 Å². The zero-order valence-electron chi connectivity index (χ0n) is 11.9. The van der Waals surface area contributed by atoms with Crippen molar-refractivity contribution in [3.63, 3.8) is 0 Å². The molecule has 1 aliphatic rings. The molecule has 0 aromatic heterocycles. The van der Waals surface area contributed by atoms with Gasteiger partial charge >= 0.3 is 0 Å². The van der Waals surface area contributed by atoms with E-state index in [0.717, 1.165) is 23.1 Å². The van der Waals surface area contributed by atoms with Gasteiger partial charge in [-0.05, 0) is 36.4 Å². The number of hydrogen-bond acceptors (Lipinski definition) is 5. The number of ether oxygens (including phenoxy) is 2. The van der Waals surface area contributed by atoms with Gasteiger partial charge in [-0.3, -0.25) is 4.18 Å². The minimum absolute atomic E-state index is 0.160. The molecule has 0 radical (unpaired) electrons. The van der Waals surface area contributed by atoms with Crippen LogP contribution in [0.4, 0.5) is 0 Å². The monoisotopic (exact) mass is 386 g/mol. The van der Waals surface area contributed by atoms with Crippen molar-refractivity contribution in [1.29, 1.82) is 0 Å². The summed E-state index contributed by atoms with van der Waals surface area (Å²) < 4.78 is 37.9. The molecule has 0 atom stereocenters. The molecule has 2 aromatic rings. The zero-order valence-corrected chi connectivity index (χ0v) is 14.3. The van der Waals surface area contributed by atoms with E-state index in [1.807, 2.05) is 24.3 Å². The molecule has 0 amide bonds. The van der Waals surface area contributed by atoms with Gasteiger partial charge in [0.1, 0.15) is 13.2 Å². The van der Waals surface area contributed by atoms with Crippen molar-refractivity contribution in [2.45, 2.75) is 4.90 Å². The lowest BCUT2D eigenvalue weighted by Crippen LogP contribution is -2.14. The lowest BCUT2D eigenvalue weighted by atomic mass is 10.3. The van der Waals surface area contributed by atoms with Crippen molar-refractivity contribution in [1.82, 2.24) is 0 Å². The van der Waals surface area contributed by atoms with Crippen molar-refractivity contribution in [2.24, 2.45) is 0 Å². The summed E-state index contributed by atoms with van der Waals surface area (Å²) in [5.74, 6) is 1.71. The normalized spacial score (nSPS) is 13.0. The van der Waals surface area contributed by atoms with Gasteiger partial charge in [0.25, 0.3) is 10.1 Å². The van der Waals surface area contributed by atoms with Crippen LogP contribution >= 0.6 is 15.9 Å². The minimum atomic E-state index is -3.54. The summed E-state index contributed by atoms with van der Waals surface area (Å²) in [4.78, 5) is 0.160. The summed E-state index contributed by atoms with van der Waals surface area (Å²) in [6, 6.07) is 13.9. The molecule has 0 N–H and O–H groups in total. The van der Waals surface area contributed by atoms with E-state index < -0.39 is 10.1 Å². The highest BCUT2D eigenvalue weighted by Gasteiger charge is 2.11. The molecule has 0 bridgehead atoms. The van der Waals surface area contributed by atoms with Gasteiger partial charge in [-0.2, -0.15) is 8.42 Å². The molecule has 7 heteroatoms. The molecule has 0 saturated carbocycles. The molecular formula is C15H15BrO5S. The second-order valence-corrected chi connectivity index (χ2v) is 6.85. The summed E-state index contributed by atoms with van der Waals surface area (Å²) in [6.07, 6.45) is 0. The van der Waals surface area contributed by atoms with Crippen molar-refractivity contribution >= 4 is 26.0 Å². The Kier molecular flexibility index (Phi) is 5.82. The molecule has 0 spiro atoms. The van der Waals surface area contributed by atoms with Crippen LogP contribution < -0.4 is 9.47 Å². The van der Waals surface area contributed by atoms with Crippen molar-refractivity contribution in [2.75, 3.05) is 20.3 Å². The van der Waals surface area contributed by atoms with Crippen LogP contribution in [0.5, 0.6) is 11.5 Å². The number of para-hydroxylation sites is 2. The van der Waals surface area contributed by atoms with Crippen LogP contribution in [-0.2, 0) is 14.3 Å². The summed E-state index contributed by atoms with van der Waals surface area (Å²) in [6.45, 7) is 1.33. The van der Waals surface area contributed by atoms with Gasteiger partial charge in [0, 0.05) is 4.47 Å². The predicted molar refractivity (Wildman–Crippen MR) is 85.8 cm³/mol. The topological polar surface area (TPSA) is 61.8 Å². The standard InChI is InChI=1S/C8H8O2.C7H7BrO3S/c1-2-4-8-7(3-1)9-5-6-10-8;1-11-12(9,10)7-4-2-6(8)3-5-7/h1-4H,5-6H2;2-5H,1H3. The summed E-state index contributed by atoms with van der Waals surface area (Å²) in [5, 5.41) is 0. The maximum atomic E-state index is 11.1. The van der Waals surface area contributed by atoms with Gasteiger partial charge in [-0.25, -0.2) is 0 Å². The molecular weight excluding hydrogens is 372 g/mol. The molecule has 2 aromatic carbocycles. The number of fused-ring (bicyclic) bond motifs is 1. The van der Waals surface area contributed by atoms with E-state index in [-0.39, 0.29) is 4.90 Å². The first-order chi connectivity index (χ1) is 10.5. The van der Waals surface area contributed by atoms with Gasteiger partial charge in [0.2, 0.25) is 0 Å². The highest BCUT2D eigenvalue weighted by atomic mass is 79.9. The molecule has 0 saturated heterocycles. The Balaban J connectivity index is 0.000000162. The number of benzene rings is 2. The number of halogens is 1. The molecule has 0 unspecified atom stereocenters. The van der Waals surface area contributed by atoms with E-state index in [9.17, 15) is 8.42 Å². The fraction of sp³-hybridized carbons (Fsp3) is 0.200. The van der Waals surface area contributed by atoms with Crippen LogP contribution in [0.2, 0.25) is 0 Å². The summed E-state index contributed by atoms with van der Waals surface area (Å²) in [5.41, 5.74) is 0. The number of hydrogen-bond donors (Lipinski definition) is 0. The molecule has 5 nitrogen and oxygen atoms in total. The third-order valence-corrected chi connectivity index (χ3v) is 4.59. The quantitative estimate of drug-likeness (QED) is 0.741. The third-order valence-electron chi connectivity index (χ3n) is 2.77. The predicted octanol–water partition coefficient (Wildman–Crippen LogP) is 3.24. The van der Waals surface area contributed by atoms with E-state index in [1.165, 1.54) is 12.1 Å². The van der Waals surface area contributed by atoms with E-state index in [2.05, 4.69) is 20.1 Å². The lowest BCUT2D eigenvalue weighted by molar-refractivity contribution is 0.171. The fourth-order valence-corrected chi connectivity index (χ4v) is 2.62. The Morgan fingerprint density at radius 1 is 0.955 bits per heavy atom. The largest absolute Gasteiger partial charge is 0.486 e. The van der Waals surface area contributed by atoms with Crippen molar-refractivity contribution < 1.29 is 22.1 Å². The lowest BCUT2D eigenvalue weighted by Gasteiger charge is -2.17. The first kappa shape index (κ1) is 16.8. The van der Waals surface area contributed by atoms with Gasteiger partial charge < -0.3 is 9.47 Å². The summed E-state index contributed by atoms with van der Waals surface area (Å²) in [7, 11) is -2.40. The third kappa shape index (κ3) is 4.46. The summed E-state index contributed by atoms with van der Waals surface area (Å²) >= 11 is 3.20. The Bertz CT molecular complexity index is 688. The Hall–Kier alpha value is -1.57. The molecule has 1 aliphatic heterocycles. The number of rotatable bonds is 2. The van der Waals surface area contributed by atoms with E-state index in [1.54, 1.807) is 12.1 Å². The highest BCUT2D eigenvalue weighted by molar-refractivity contribution is 9.10. The molecule has 22 heavy (non-hydrogen) atoms. The van der Waals surface area contributed by atoms with Crippen LogP contribution in [0.15, 0.2) is 57.9 Å². The maximum Gasteiger partial charge on any atom is 0.296 e. The van der Waals surface area contributed by atoms with E-state index in [0.29, 0.717) is 13.2 Å². The second-order valence-electron chi connectivity index (χ2n) is 4.22. The van der Waals surface area contributed by atoms with Crippen molar-refractivity contribution in [3.8, 4) is 11.5 Å². The first-order valence-corrected chi connectivity index (χ1v) is 8.64. The van der Waals surface area contributed by atoms with E-state index in [4.69, 9.17) is 9.47 Å². The fourth-order valence-electron chi connectivity index (χ4n) is 1.69. The second kappa shape index (κ2) is 7.62. The van der Waals surface area contributed by atoms with Crippen LogP contribution in [0.3, 0.4) is 0 Å². The SMILES string of the molecule is COS(=O)(=O)c1ccc(Br)cc1.c1ccc2c(c1)OCCO2. The Morgan fingerprint density at radius 3 is 1.91 bits per heavy atom. The van der Waals surface area contributed by atoms with E-state index >= 15 is 0 Å². The Labute approximate surface area is 138 Å². The average Bonchev–Trinajstić information content (AvgIpc) is 2.56. The first-order valence-electron chi connectivity index (χ1n) is 6.44. The van der Waals surface area contributed by atoms with Crippen LogP contribution in [0.25, 0.3) is 0 Å². The molecule has 3 rings (SSSR count). The highest BCUT2D eigenvalue weighted by Crippen LogP contribution is 2.28. The minimum Gasteiger partial charge on any atom is -0.486 e. The average molecular weight is 387 g/mol. The van der Waals surface area contributed by atoms with Gasteiger partial charge in [-0.1, -0.05) is 28.1 Å².